The molecule has 0 aliphatic heterocycles. The molecule has 0 aliphatic rings. The van der Waals surface area contributed by atoms with Gasteiger partial charge in [0.15, 0.2) is 12.4 Å². The van der Waals surface area contributed by atoms with E-state index >= 15 is 0 Å². The Morgan fingerprint density at radius 1 is 1.38 bits per heavy atom. The molecule has 8 heavy (non-hydrogen) atoms. The van der Waals surface area contributed by atoms with Crippen LogP contribution in [0, 0.1) is 0 Å². The molecule has 2 heteroatoms. The summed E-state index contributed by atoms with van der Waals surface area (Å²) in [5.74, 6) is 0. The van der Waals surface area contributed by atoms with Gasteiger partial charge in [0.05, 0.1) is 12.4 Å². The van der Waals surface area contributed by atoms with Crippen molar-refractivity contribution < 1.29 is 4.57 Å². The predicted molar refractivity (Wildman–Crippen MR) is 30.1 cm³/mol. The molecule has 1 aromatic rings. The molecule has 0 fully saturated rings. The average molecular weight is 109 g/mol. The third-order valence-corrected chi connectivity index (χ3v) is 1.05. The minimum absolute atomic E-state index is 1.02. The fraction of sp³-hybridized carbons (Fsp3) is 0.333. The second-order valence-corrected chi connectivity index (χ2v) is 1.58. The Hall–Kier alpha value is -0.920. The van der Waals surface area contributed by atoms with Crippen LogP contribution < -0.4 is 4.57 Å². The summed E-state index contributed by atoms with van der Waals surface area (Å²) in [6.07, 6.45) is 7.45. The summed E-state index contributed by atoms with van der Waals surface area (Å²) in [7, 11) is 0. The fourth-order valence-corrected chi connectivity index (χ4v) is 0.558. The molecule has 0 amide bonds. The van der Waals surface area contributed by atoms with E-state index in [1.807, 2.05) is 12.4 Å². The maximum absolute atomic E-state index is 3.87. The van der Waals surface area contributed by atoms with Crippen molar-refractivity contribution in [1.82, 2.24) is 4.98 Å². The highest BCUT2D eigenvalue weighted by atomic mass is 14.9. The first kappa shape index (κ1) is 5.22. The van der Waals surface area contributed by atoms with E-state index in [-0.39, 0.29) is 0 Å². The van der Waals surface area contributed by atoms with Crippen LogP contribution in [0.4, 0.5) is 0 Å². The molecule has 0 bridgehead atoms. The number of aryl methyl sites for hydroxylation is 1. The van der Waals surface area contributed by atoms with E-state index in [0.29, 0.717) is 0 Å². The third kappa shape index (κ3) is 1.03. The van der Waals surface area contributed by atoms with Gasteiger partial charge in [-0.05, 0) is 6.92 Å². The van der Waals surface area contributed by atoms with E-state index in [0.717, 1.165) is 6.54 Å². The fourth-order valence-electron chi connectivity index (χ4n) is 0.558. The average Bonchev–Trinajstić information content (AvgIpc) is 1.90. The van der Waals surface area contributed by atoms with E-state index in [4.69, 9.17) is 0 Å². The monoisotopic (exact) mass is 109 g/mol. The van der Waals surface area contributed by atoms with E-state index in [9.17, 15) is 0 Å². The van der Waals surface area contributed by atoms with Crippen LogP contribution in [0.1, 0.15) is 6.92 Å². The van der Waals surface area contributed by atoms with Crippen molar-refractivity contribution in [3.8, 4) is 0 Å². The minimum atomic E-state index is 1.02. The molecule has 0 unspecified atom stereocenters. The predicted octanol–water partition coefficient (Wildman–Crippen LogP) is 0.389. The van der Waals surface area contributed by atoms with E-state index in [2.05, 4.69) is 16.5 Å². The molecule has 2 nitrogen and oxygen atoms in total. The van der Waals surface area contributed by atoms with Gasteiger partial charge in [-0.1, -0.05) is 0 Å². The topological polar surface area (TPSA) is 16.8 Å². The zero-order chi connectivity index (χ0) is 5.82. The standard InChI is InChI=1S/C6H9N2/c1-2-8-5-3-7-4-6-8/h3-6H,2H2,1H3/q+1. The van der Waals surface area contributed by atoms with Crippen LogP contribution in [-0.4, -0.2) is 4.98 Å². The normalized spacial score (nSPS) is 9.12. The molecule has 0 aromatic carbocycles. The van der Waals surface area contributed by atoms with Crippen molar-refractivity contribution in [1.29, 1.82) is 0 Å². The maximum atomic E-state index is 3.87. The molecule has 0 atom stereocenters. The molecule has 1 heterocycles. The maximum Gasteiger partial charge on any atom is 0.187 e. The van der Waals surface area contributed by atoms with Gasteiger partial charge >= 0.3 is 0 Å². The number of nitrogens with zero attached hydrogens (tertiary/aromatic N) is 2. The number of hydrogen-bond acceptors (Lipinski definition) is 1. The Kier molecular flexibility index (Phi) is 1.57. The summed E-state index contributed by atoms with van der Waals surface area (Å²) < 4.78 is 2.06. The van der Waals surface area contributed by atoms with E-state index in [1.165, 1.54) is 0 Å². The van der Waals surface area contributed by atoms with Crippen LogP contribution in [0.2, 0.25) is 0 Å². The lowest BCUT2D eigenvalue weighted by Gasteiger charge is -1.84. The van der Waals surface area contributed by atoms with Gasteiger partial charge in [0.25, 0.3) is 0 Å². The molecule has 0 radical (unpaired) electrons. The molecule has 0 saturated carbocycles. The van der Waals surface area contributed by atoms with Gasteiger partial charge < -0.3 is 0 Å². The molecule has 42 valence electrons. The van der Waals surface area contributed by atoms with Gasteiger partial charge in [-0.3, -0.25) is 4.98 Å². The second-order valence-electron chi connectivity index (χ2n) is 1.58. The Morgan fingerprint density at radius 3 is 2.38 bits per heavy atom. The lowest BCUT2D eigenvalue weighted by Crippen LogP contribution is -2.30. The largest absolute Gasteiger partial charge is 0.252 e. The Morgan fingerprint density at radius 2 is 2.00 bits per heavy atom. The third-order valence-electron chi connectivity index (χ3n) is 1.05. The highest BCUT2D eigenvalue weighted by molar-refractivity contribution is 4.62. The molecule has 0 spiro atoms. The number of hydrogen-bond donors (Lipinski definition) is 0. The van der Waals surface area contributed by atoms with E-state index < -0.39 is 0 Å². The summed E-state index contributed by atoms with van der Waals surface area (Å²) in [6.45, 7) is 3.11. The molecule has 0 saturated heterocycles. The number of aromatic nitrogens is 2. The van der Waals surface area contributed by atoms with Gasteiger partial charge in [-0.2, -0.15) is 0 Å². The number of rotatable bonds is 1. The Labute approximate surface area is 48.8 Å². The van der Waals surface area contributed by atoms with Crippen LogP contribution in [0.3, 0.4) is 0 Å². The lowest BCUT2D eigenvalue weighted by atomic mass is 10.6. The first-order valence-electron chi connectivity index (χ1n) is 2.72. The molecule has 0 N–H and O–H groups in total. The Bertz CT molecular complexity index is 148. The molecular weight excluding hydrogens is 100 g/mol. The molecular formula is C6H9N2+. The highest BCUT2D eigenvalue weighted by Gasteiger charge is 1.87. The van der Waals surface area contributed by atoms with Crippen LogP contribution >= 0.6 is 0 Å². The second kappa shape index (κ2) is 2.40. The van der Waals surface area contributed by atoms with Crippen molar-refractivity contribution in [3.63, 3.8) is 0 Å². The SMILES string of the molecule is CC[n+]1ccncc1. The lowest BCUT2D eigenvalue weighted by molar-refractivity contribution is -0.694. The summed E-state index contributed by atoms with van der Waals surface area (Å²) in [6, 6.07) is 0. The Balaban J connectivity index is 2.83. The van der Waals surface area contributed by atoms with Crippen LogP contribution in [-0.2, 0) is 6.54 Å². The van der Waals surface area contributed by atoms with Gasteiger partial charge in [0.1, 0.15) is 6.54 Å². The first-order chi connectivity index (χ1) is 3.93. The summed E-state index contributed by atoms with van der Waals surface area (Å²) >= 11 is 0. The van der Waals surface area contributed by atoms with Gasteiger partial charge in [-0.15, -0.1) is 0 Å². The van der Waals surface area contributed by atoms with Crippen molar-refractivity contribution in [2.75, 3.05) is 0 Å². The first-order valence-corrected chi connectivity index (χ1v) is 2.72. The van der Waals surface area contributed by atoms with Gasteiger partial charge in [0.2, 0.25) is 0 Å². The van der Waals surface area contributed by atoms with E-state index in [1.54, 1.807) is 12.4 Å². The van der Waals surface area contributed by atoms with Crippen molar-refractivity contribution in [2.24, 2.45) is 0 Å². The van der Waals surface area contributed by atoms with Crippen molar-refractivity contribution in [2.45, 2.75) is 13.5 Å². The zero-order valence-corrected chi connectivity index (χ0v) is 4.91. The summed E-state index contributed by atoms with van der Waals surface area (Å²) in [4.78, 5) is 3.87. The van der Waals surface area contributed by atoms with Gasteiger partial charge in [-0.25, -0.2) is 4.57 Å². The summed E-state index contributed by atoms with van der Waals surface area (Å²) in [5.41, 5.74) is 0. The van der Waals surface area contributed by atoms with Crippen molar-refractivity contribution >= 4 is 0 Å². The smallest absolute Gasteiger partial charge is 0.187 e. The molecule has 1 rings (SSSR count). The van der Waals surface area contributed by atoms with Crippen LogP contribution in [0.5, 0.6) is 0 Å². The quantitative estimate of drug-likeness (QED) is 0.477. The summed E-state index contributed by atoms with van der Waals surface area (Å²) in [5, 5.41) is 0. The molecule has 1 aromatic heterocycles. The van der Waals surface area contributed by atoms with Gasteiger partial charge in [0, 0.05) is 0 Å². The van der Waals surface area contributed by atoms with Crippen molar-refractivity contribution in [3.05, 3.63) is 24.8 Å². The minimum Gasteiger partial charge on any atom is -0.252 e. The molecule has 0 aliphatic carbocycles. The van der Waals surface area contributed by atoms with Crippen LogP contribution in [0.25, 0.3) is 0 Å². The van der Waals surface area contributed by atoms with Crippen LogP contribution in [0.15, 0.2) is 24.8 Å². The highest BCUT2D eigenvalue weighted by Crippen LogP contribution is 1.67. The zero-order valence-electron chi connectivity index (χ0n) is 4.91.